The maximum absolute atomic E-state index is 9.72. The van der Waals surface area contributed by atoms with Crippen LogP contribution in [0.4, 0.5) is 0 Å². The van der Waals surface area contributed by atoms with Crippen molar-refractivity contribution >= 4 is 15.9 Å². The average Bonchev–Trinajstić information content (AvgIpc) is 2.23. The molecule has 0 spiro atoms. The summed E-state index contributed by atoms with van der Waals surface area (Å²) in [5.41, 5.74) is 0.250. The van der Waals surface area contributed by atoms with Gasteiger partial charge in [-0.15, -0.1) is 0 Å². The molecule has 1 aromatic rings. The van der Waals surface area contributed by atoms with Crippen LogP contribution < -0.4 is 10.1 Å². The standard InChI is InChI=1S/C14H22BrNO2/c1-10(2)16-8-11-6-5-7-12(15)13(11)18-9-14(3,4)17/h5-7,10,16-17H,8-9H2,1-4H3. The molecule has 0 radical (unpaired) electrons. The van der Waals surface area contributed by atoms with Crippen molar-refractivity contribution in [3.63, 3.8) is 0 Å². The van der Waals surface area contributed by atoms with Crippen LogP contribution in [0.5, 0.6) is 5.75 Å². The zero-order valence-corrected chi connectivity index (χ0v) is 13.0. The number of halogens is 1. The Morgan fingerprint density at radius 1 is 1.39 bits per heavy atom. The Morgan fingerprint density at radius 2 is 2.06 bits per heavy atom. The normalized spacial score (nSPS) is 11.9. The van der Waals surface area contributed by atoms with E-state index in [2.05, 4.69) is 35.1 Å². The lowest BCUT2D eigenvalue weighted by Crippen LogP contribution is -2.28. The molecule has 102 valence electrons. The van der Waals surface area contributed by atoms with Crippen molar-refractivity contribution in [1.82, 2.24) is 5.32 Å². The first kappa shape index (κ1) is 15.5. The van der Waals surface area contributed by atoms with E-state index in [1.807, 2.05) is 18.2 Å². The van der Waals surface area contributed by atoms with E-state index in [-0.39, 0.29) is 6.61 Å². The Balaban J connectivity index is 2.80. The monoisotopic (exact) mass is 315 g/mol. The summed E-state index contributed by atoms with van der Waals surface area (Å²) in [6, 6.07) is 6.38. The first-order chi connectivity index (χ1) is 8.29. The number of aliphatic hydroxyl groups is 1. The second kappa shape index (κ2) is 6.55. The van der Waals surface area contributed by atoms with Crippen LogP contribution in [0.25, 0.3) is 0 Å². The molecule has 0 aliphatic carbocycles. The molecule has 1 aromatic carbocycles. The zero-order valence-electron chi connectivity index (χ0n) is 11.5. The van der Waals surface area contributed by atoms with E-state index in [1.54, 1.807) is 13.8 Å². The van der Waals surface area contributed by atoms with Crippen molar-refractivity contribution in [2.24, 2.45) is 0 Å². The maximum Gasteiger partial charge on any atom is 0.138 e. The summed E-state index contributed by atoms with van der Waals surface area (Å²) >= 11 is 3.49. The van der Waals surface area contributed by atoms with Crippen LogP contribution in [0.2, 0.25) is 0 Å². The lowest BCUT2D eigenvalue weighted by Gasteiger charge is -2.21. The van der Waals surface area contributed by atoms with Gasteiger partial charge in [0.15, 0.2) is 0 Å². The molecule has 0 bridgehead atoms. The van der Waals surface area contributed by atoms with Gasteiger partial charge in [-0.2, -0.15) is 0 Å². The fraction of sp³-hybridized carbons (Fsp3) is 0.571. The molecule has 0 unspecified atom stereocenters. The molecule has 0 aliphatic rings. The predicted octanol–water partition coefficient (Wildman–Crippen LogP) is 3.10. The number of para-hydroxylation sites is 1. The largest absolute Gasteiger partial charge is 0.489 e. The van der Waals surface area contributed by atoms with Crippen LogP contribution in [0.15, 0.2) is 22.7 Å². The molecule has 0 aliphatic heterocycles. The van der Waals surface area contributed by atoms with Crippen molar-refractivity contribution in [1.29, 1.82) is 0 Å². The molecule has 0 aromatic heterocycles. The summed E-state index contributed by atoms with van der Waals surface area (Å²) in [5.74, 6) is 0.799. The Morgan fingerprint density at radius 3 is 2.61 bits per heavy atom. The Labute approximate surface area is 118 Å². The van der Waals surface area contributed by atoms with Gasteiger partial charge in [0.05, 0.1) is 10.1 Å². The molecule has 0 saturated heterocycles. The SMILES string of the molecule is CC(C)NCc1cccc(Br)c1OCC(C)(C)O. The molecule has 0 fully saturated rings. The summed E-state index contributed by atoms with van der Waals surface area (Å²) in [7, 11) is 0. The van der Waals surface area contributed by atoms with Crippen molar-refractivity contribution in [3.05, 3.63) is 28.2 Å². The lowest BCUT2D eigenvalue weighted by molar-refractivity contribution is 0.0278. The van der Waals surface area contributed by atoms with Gasteiger partial charge in [-0.25, -0.2) is 0 Å². The third-order valence-corrected chi connectivity index (χ3v) is 2.94. The second-order valence-electron chi connectivity index (χ2n) is 5.36. The van der Waals surface area contributed by atoms with Crippen molar-refractivity contribution in [2.45, 2.75) is 45.9 Å². The number of hydrogen-bond donors (Lipinski definition) is 2. The molecule has 18 heavy (non-hydrogen) atoms. The molecule has 4 heteroatoms. The van der Waals surface area contributed by atoms with Crippen LogP contribution in [0, 0.1) is 0 Å². The first-order valence-corrected chi connectivity index (χ1v) is 6.95. The summed E-state index contributed by atoms with van der Waals surface area (Å²) < 4.78 is 6.64. The second-order valence-corrected chi connectivity index (χ2v) is 6.22. The number of ether oxygens (including phenoxy) is 1. The van der Waals surface area contributed by atoms with Crippen LogP contribution in [-0.4, -0.2) is 23.4 Å². The molecule has 0 amide bonds. The minimum Gasteiger partial charge on any atom is -0.489 e. The number of benzene rings is 1. The van der Waals surface area contributed by atoms with Gasteiger partial charge in [-0.3, -0.25) is 0 Å². The van der Waals surface area contributed by atoms with Gasteiger partial charge >= 0.3 is 0 Å². The fourth-order valence-electron chi connectivity index (χ4n) is 1.42. The van der Waals surface area contributed by atoms with E-state index in [1.165, 1.54) is 0 Å². The molecule has 0 heterocycles. The molecule has 2 N–H and O–H groups in total. The molecule has 0 atom stereocenters. The van der Waals surface area contributed by atoms with Gasteiger partial charge in [-0.1, -0.05) is 26.0 Å². The van der Waals surface area contributed by atoms with E-state index in [9.17, 15) is 5.11 Å². The molecule has 3 nitrogen and oxygen atoms in total. The highest BCUT2D eigenvalue weighted by atomic mass is 79.9. The fourth-order valence-corrected chi connectivity index (χ4v) is 1.94. The smallest absolute Gasteiger partial charge is 0.138 e. The van der Waals surface area contributed by atoms with Crippen LogP contribution in [0.3, 0.4) is 0 Å². The van der Waals surface area contributed by atoms with Crippen LogP contribution >= 0.6 is 15.9 Å². The van der Waals surface area contributed by atoms with E-state index in [0.717, 1.165) is 22.3 Å². The average molecular weight is 316 g/mol. The zero-order chi connectivity index (χ0) is 13.8. The van der Waals surface area contributed by atoms with E-state index in [0.29, 0.717) is 6.04 Å². The van der Waals surface area contributed by atoms with Crippen LogP contribution in [-0.2, 0) is 6.54 Å². The summed E-state index contributed by atoms with van der Waals surface area (Å²) in [6.07, 6.45) is 0. The number of hydrogen-bond acceptors (Lipinski definition) is 3. The Bertz CT molecular complexity index is 386. The molecular weight excluding hydrogens is 294 g/mol. The topological polar surface area (TPSA) is 41.5 Å². The summed E-state index contributed by atoms with van der Waals surface area (Å²) in [4.78, 5) is 0. The lowest BCUT2D eigenvalue weighted by atomic mass is 10.1. The third kappa shape index (κ3) is 5.38. The quantitative estimate of drug-likeness (QED) is 0.847. The van der Waals surface area contributed by atoms with E-state index >= 15 is 0 Å². The summed E-state index contributed by atoms with van der Waals surface area (Å²) in [6.45, 7) is 8.69. The van der Waals surface area contributed by atoms with E-state index in [4.69, 9.17) is 4.74 Å². The van der Waals surface area contributed by atoms with Gasteiger partial charge in [0.2, 0.25) is 0 Å². The van der Waals surface area contributed by atoms with Crippen molar-refractivity contribution in [2.75, 3.05) is 6.61 Å². The van der Waals surface area contributed by atoms with E-state index < -0.39 is 5.60 Å². The van der Waals surface area contributed by atoms with Crippen LogP contribution in [0.1, 0.15) is 33.3 Å². The first-order valence-electron chi connectivity index (χ1n) is 6.15. The highest BCUT2D eigenvalue weighted by Crippen LogP contribution is 2.29. The minimum absolute atomic E-state index is 0.268. The van der Waals surface area contributed by atoms with Gasteiger partial charge in [-0.05, 0) is 35.8 Å². The molecule has 1 rings (SSSR count). The minimum atomic E-state index is -0.835. The van der Waals surface area contributed by atoms with Gasteiger partial charge in [0, 0.05) is 18.2 Å². The predicted molar refractivity (Wildman–Crippen MR) is 77.9 cm³/mol. The summed E-state index contributed by atoms with van der Waals surface area (Å²) in [5, 5.41) is 13.1. The van der Waals surface area contributed by atoms with Crippen molar-refractivity contribution in [3.8, 4) is 5.75 Å². The Hall–Kier alpha value is -0.580. The maximum atomic E-state index is 9.72. The number of rotatable bonds is 6. The molecule has 0 saturated carbocycles. The third-order valence-electron chi connectivity index (χ3n) is 2.32. The highest BCUT2D eigenvalue weighted by molar-refractivity contribution is 9.10. The highest BCUT2D eigenvalue weighted by Gasteiger charge is 2.16. The van der Waals surface area contributed by atoms with Gasteiger partial charge < -0.3 is 15.2 Å². The van der Waals surface area contributed by atoms with Gasteiger partial charge in [0.1, 0.15) is 12.4 Å². The van der Waals surface area contributed by atoms with Gasteiger partial charge in [0.25, 0.3) is 0 Å². The Kier molecular flexibility index (Phi) is 5.63. The number of nitrogens with one attached hydrogen (secondary N) is 1. The van der Waals surface area contributed by atoms with Crippen molar-refractivity contribution < 1.29 is 9.84 Å². The molecular formula is C14H22BrNO2.